The third-order valence-corrected chi connectivity index (χ3v) is 5.07. The van der Waals surface area contributed by atoms with Gasteiger partial charge in [0, 0.05) is 45.5 Å². The fraction of sp³-hybridized carbons (Fsp3) is 0.429. The largest absolute Gasteiger partial charge is 0.353 e. The highest BCUT2D eigenvalue weighted by atomic mass is 35.5. The molecule has 28 heavy (non-hydrogen) atoms. The fourth-order valence-electron chi connectivity index (χ4n) is 3.38. The first-order chi connectivity index (χ1) is 13.5. The number of aromatic nitrogens is 1. The Bertz CT molecular complexity index is 790. The smallest absolute Gasteiger partial charge is 0.191 e. The Kier molecular flexibility index (Phi) is 7.12. The van der Waals surface area contributed by atoms with Crippen molar-refractivity contribution in [2.24, 2.45) is 4.99 Å². The van der Waals surface area contributed by atoms with Crippen molar-refractivity contribution in [2.45, 2.75) is 25.6 Å². The first kappa shape index (κ1) is 20.4. The van der Waals surface area contributed by atoms with E-state index in [1.807, 2.05) is 12.1 Å². The number of benzene rings is 1. The van der Waals surface area contributed by atoms with Gasteiger partial charge in [-0.05, 0) is 43.8 Å². The maximum atomic E-state index is 6.28. The number of pyridine rings is 1. The third-order valence-electron chi connectivity index (χ3n) is 4.77. The lowest BCUT2D eigenvalue weighted by Crippen LogP contribution is -2.44. The van der Waals surface area contributed by atoms with Gasteiger partial charge in [0.05, 0.1) is 5.02 Å². The summed E-state index contributed by atoms with van der Waals surface area (Å²) < 4.78 is 0. The molecule has 1 aliphatic heterocycles. The van der Waals surface area contributed by atoms with Crippen LogP contribution in [0.25, 0.3) is 0 Å². The number of guanidine groups is 1. The predicted molar refractivity (Wildman–Crippen MR) is 117 cm³/mol. The van der Waals surface area contributed by atoms with Gasteiger partial charge in [0.1, 0.15) is 5.82 Å². The van der Waals surface area contributed by atoms with Crippen LogP contribution in [0.1, 0.15) is 17.5 Å². The zero-order valence-electron chi connectivity index (χ0n) is 16.8. The molecule has 2 heterocycles. The van der Waals surface area contributed by atoms with Crippen LogP contribution >= 0.6 is 11.6 Å². The van der Waals surface area contributed by atoms with E-state index in [1.54, 1.807) is 13.2 Å². The number of nitrogens with zero attached hydrogens (tertiary/aromatic N) is 4. The SMILES string of the molecule is CN=C(NCc1ccc(CN(C)C)cc1)NC1CCN(c2ncccc2Cl)C1. The normalized spacial score (nSPS) is 17.2. The Morgan fingerprint density at radius 3 is 2.68 bits per heavy atom. The third kappa shape index (κ3) is 5.59. The molecule has 1 aromatic carbocycles. The standard InChI is InChI=1S/C21H29ClN6/c1-23-21(25-13-16-6-8-17(9-7-16)14-27(2)3)26-18-10-12-28(15-18)20-19(22)5-4-11-24-20/h4-9,11,18H,10,12-15H2,1-3H3,(H2,23,25,26). The average Bonchev–Trinajstić information content (AvgIpc) is 3.14. The number of hydrogen-bond donors (Lipinski definition) is 2. The molecule has 150 valence electrons. The highest BCUT2D eigenvalue weighted by Gasteiger charge is 2.25. The van der Waals surface area contributed by atoms with Crippen LogP contribution in [0.15, 0.2) is 47.6 Å². The molecule has 2 N–H and O–H groups in total. The number of nitrogens with one attached hydrogen (secondary N) is 2. The maximum Gasteiger partial charge on any atom is 0.191 e. The van der Waals surface area contributed by atoms with E-state index in [0.717, 1.165) is 44.4 Å². The van der Waals surface area contributed by atoms with E-state index >= 15 is 0 Å². The minimum Gasteiger partial charge on any atom is -0.353 e. The van der Waals surface area contributed by atoms with E-state index < -0.39 is 0 Å². The van der Waals surface area contributed by atoms with E-state index in [0.29, 0.717) is 11.1 Å². The van der Waals surface area contributed by atoms with Gasteiger partial charge >= 0.3 is 0 Å². The number of anilines is 1. The molecule has 1 unspecified atom stereocenters. The van der Waals surface area contributed by atoms with Crippen molar-refractivity contribution in [1.82, 2.24) is 20.5 Å². The number of aliphatic imine (C=N–C) groups is 1. The van der Waals surface area contributed by atoms with E-state index in [-0.39, 0.29) is 0 Å². The Balaban J connectivity index is 1.49. The van der Waals surface area contributed by atoms with Crippen molar-refractivity contribution in [1.29, 1.82) is 0 Å². The van der Waals surface area contributed by atoms with Gasteiger partial charge in [0.15, 0.2) is 5.96 Å². The van der Waals surface area contributed by atoms with Gasteiger partial charge in [0.2, 0.25) is 0 Å². The molecule has 1 aliphatic rings. The monoisotopic (exact) mass is 400 g/mol. The highest BCUT2D eigenvalue weighted by Crippen LogP contribution is 2.25. The molecule has 1 fully saturated rings. The van der Waals surface area contributed by atoms with Crippen molar-refractivity contribution in [3.63, 3.8) is 0 Å². The van der Waals surface area contributed by atoms with Crippen molar-refractivity contribution in [3.05, 3.63) is 58.7 Å². The van der Waals surface area contributed by atoms with Gasteiger partial charge in [-0.1, -0.05) is 35.9 Å². The first-order valence-corrected chi connectivity index (χ1v) is 9.98. The van der Waals surface area contributed by atoms with Gasteiger partial charge in [0.25, 0.3) is 0 Å². The van der Waals surface area contributed by atoms with E-state index in [9.17, 15) is 0 Å². The molecule has 7 heteroatoms. The van der Waals surface area contributed by atoms with Crippen LogP contribution in [-0.4, -0.2) is 56.1 Å². The van der Waals surface area contributed by atoms with Gasteiger partial charge in [-0.25, -0.2) is 4.98 Å². The number of hydrogen-bond acceptors (Lipinski definition) is 4. The molecule has 1 atom stereocenters. The van der Waals surface area contributed by atoms with Gasteiger partial charge in [-0.2, -0.15) is 0 Å². The average molecular weight is 401 g/mol. The summed E-state index contributed by atoms with van der Waals surface area (Å²) in [6.45, 7) is 3.48. The van der Waals surface area contributed by atoms with Crippen LogP contribution in [0.4, 0.5) is 5.82 Å². The molecule has 2 aromatic rings. The van der Waals surface area contributed by atoms with E-state index in [4.69, 9.17) is 11.6 Å². The second kappa shape index (κ2) is 9.75. The molecular weight excluding hydrogens is 372 g/mol. The Morgan fingerprint density at radius 2 is 2.00 bits per heavy atom. The van der Waals surface area contributed by atoms with Crippen LogP contribution in [0.5, 0.6) is 0 Å². The molecule has 1 aromatic heterocycles. The lowest BCUT2D eigenvalue weighted by Gasteiger charge is -2.20. The van der Waals surface area contributed by atoms with Gasteiger partial charge in [-0.3, -0.25) is 4.99 Å². The summed E-state index contributed by atoms with van der Waals surface area (Å²) in [4.78, 5) is 13.2. The zero-order valence-corrected chi connectivity index (χ0v) is 17.6. The van der Waals surface area contributed by atoms with E-state index in [2.05, 4.69) is 68.8 Å². The summed E-state index contributed by atoms with van der Waals surface area (Å²) in [7, 11) is 5.96. The molecule has 1 saturated heterocycles. The topological polar surface area (TPSA) is 55.8 Å². The van der Waals surface area contributed by atoms with Crippen molar-refractivity contribution < 1.29 is 0 Å². The number of rotatable bonds is 6. The first-order valence-electron chi connectivity index (χ1n) is 9.60. The van der Waals surface area contributed by atoms with Crippen LogP contribution in [0.2, 0.25) is 5.02 Å². The van der Waals surface area contributed by atoms with Crippen LogP contribution < -0.4 is 15.5 Å². The number of halogens is 1. The highest BCUT2D eigenvalue weighted by molar-refractivity contribution is 6.32. The molecule has 3 rings (SSSR count). The molecule has 6 nitrogen and oxygen atoms in total. The summed E-state index contributed by atoms with van der Waals surface area (Å²) in [5, 5.41) is 7.62. The van der Waals surface area contributed by atoms with Crippen molar-refractivity contribution in [3.8, 4) is 0 Å². The zero-order chi connectivity index (χ0) is 19.9. The predicted octanol–water partition coefficient (Wildman–Crippen LogP) is 2.74. The summed E-state index contributed by atoms with van der Waals surface area (Å²) in [5.74, 6) is 1.67. The second-order valence-electron chi connectivity index (χ2n) is 7.36. The summed E-state index contributed by atoms with van der Waals surface area (Å²) in [6, 6.07) is 12.7. The molecule has 0 aliphatic carbocycles. The van der Waals surface area contributed by atoms with Crippen LogP contribution in [-0.2, 0) is 13.1 Å². The molecule has 0 saturated carbocycles. The Hall–Kier alpha value is -2.31. The quantitative estimate of drug-likeness (QED) is 0.576. The fourth-order valence-corrected chi connectivity index (χ4v) is 3.62. The van der Waals surface area contributed by atoms with Gasteiger partial charge in [-0.15, -0.1) is 0 Å². The second-order valence-corrected chi connectivity index (χ2v) is 7.77. The lowest BCUT2D eigenvalue weighted by atomic mass is 10.1. The van der Waals surface area contributed by atoms with Crippen molar-refractivity contribution >= 4 is 23.4 Å². The van der Waals surface area contributed by atoms with E-state index in [1.165, 1.54) is 11.1 Å². The molecular formula is C21H29ClN6. The molecule has 0 bridgehead atoms. The van der Waals surface area contributed by atoms with Crippen molar-refractivity contribution in [2.75, 3.05) is 39.1 Å². The summed E-state index contributed by atoms with van der Waals surface area (Å²) in [6.07, 6.45) is 2.80. The molecule has 0 amide bonds. The maximum absolute atomic E-state index is 6.28. The minimum absolute atomic E-state index is 0.312. The summed E-state index contributed by atoms with van der Waals surface area (Å²) >= 11 is 6.28. The lowest BCUT2D eigenvalue weighted by molar-refractivity contribution is 0.402. The molecule has 0 spiro atoms. The van der Waals surface area contributed by atoms with Crippen LogP contribution in [0, 0.1) is 0 Å². The van der Waals surface area contributed by atoms with Gasteiger partial charge < -0.3 is 20.4 Å². The summed E-state index contributed by atoms with van der Waals surface area (Å²) in [5.41, 5.74) is 2.55. The Labute approximate surface area is 172 Å². The molecule has 0 radical (unpaired) electrons. The minimum atomic E-state index is 0.312. The van der Waals surface area contributed by atoms with Crippen LogP contribution in [0.3, 0.4) is 0 Å². The Morgan fingerprint density at radius 1 is 1.25 bits per heavy atom.